The molecule has 114 valence electrons. The molecule has 2 aliphatic rings. The maximum atomic E-state index is 12.5. The van der Waals surface area contributed by atoms with Crippen LogP contribution in [0.4, 0.5) is 5.69 Å². The average molecular weight is 292 g/mol. The van der Waals surface area contributed by atoms with Crippen LogP contribution >= 0.6 is 0 Å². The number of carbonyl (C=O) groups is 1. The van der Waals surface area contributed by atoms with Crippen LogP contribution in [0.3, 0.4) is 0 Å². The van der Waals surface area contributed by atoms with Crippen molar-refractivity contribution in [1.82, 2.24) is 9.88 Å². The van der Waals surface area contributed by atoms with E-state index < -0.39 is 4.92 Å². The fraction of sp³-hybridized carbons (Fsp3) is 0.643. The van der Waals surface area contributed by atoms with Crippen LogP contribution in [-0.2, 0) is 0 Å². The molecule has 21 heavy (non-hydrogen) atoms. The first-order chi connectivity index (χ1) is 10.0. The van der Waals surface area contributed by atoms with Crippen molar-refractivity contribution in [3.8, 4) is 0 Å². The zero-order valence-electron chi connectivity index (χ0n) is 11.9. The van der Waals surface area contributed by atoms with Crippen molar-refractivity contribution < 1.29 is 9.72 Å². The van der Waals surface area contributed by atoms with Crippen LogP contribution in [0.25, 0.3) is 0 Å². The van der Waals surface area contributed by atoms with Crippen molar-refractivity contribution in [2.75, 3.05) is 6.54 Å². The van der Waals surface area contributed by atoms with Gasteiger partial charge in [0.25, 0.3) is 11.6 Å². The molecule has 0 saturated heterocycles. The molecule has 3 rings (SSSR count). The van der Waals surface area contributed by atoms with E-state index in [1.807, 2.05) is 0 Å². The molecule has 3 N–H and O–H groups in total. The maximum Gasteiger partial charge on any atom is 0.287 e. The first-order valence-corrected chi connectivity index (χ1v) is 7.43. The third kappa shape index (κ3) is 2.65. The Hall–Kier alpha value is -1.89. The van der Waals surface area contributed by atoms with Crippen LogP contribution in [0.2, 0.25) is 0 Å². The highest BCUT2D eigenvalue weighted by atomic mass is 16.6. The van der Waals surface area contributed by atoms with E-state index >= 15 is 0 Å². The predicted octanol–water partition coefficient (Wildman–Crippen LogP) is 1.73. The summed E-state index contributed by atoms with van der Waals surface area (Å²) < 4.78 is 1.74. The molecule has 2 aliphatic carbocycles. The van der Waals surface area contributed by atoms with Gasteiger partial charge in [-0.1, -0.05) is 12.8 Å². The van der Waals surface area contributed by atoms with E-state index in [-0.39, 0.29) is 23.2 Å². The standard InChI is InChI=1S/C14H20N4O3/c15-9-14(5-1-2-6-14)16-13(19)12-7-11(18(20)21)8-17(12)10-3-4-10/h7-8,10H,1-6,9,15H2,(H,16,19). The molecule has 1 aromatic heterocycles. The molecule has 0 unspecified atom stereocenters. The zero-order valence-corrected chi connectivity index (χ0v) is 11.9. The van der Waals surface area contributed by atoms with E-state index in [1.165, 1.54) is 12.3 Å². The van der Waals surface area contributed by atoms with Gasteiger partial charge in [-0.05, 0) is 25.7 Å². The number of nitrogens with two attached hydrogens (primary N) is 1. The number of hydrogen-bond donors (Lipinski definition) is 2. The Labute approximate surface area is 122 Å². The summed E-state index contributed by atoms with van der Waals surface area (Å²) in [4.78, 5) is 23.0. The van der Waals surface area contributed by atoms with Crippen molar-refractivity contribution in [3.63, 3.8) is 0 Å². The fourth-order valence-corrected chi connectivity index (χ4v) is 3.14. The number of nitrogens with zero attached hydrogens (tertiary/aromatic N) is 2. The van der Waals surface area contributed by atoms with E-state index in [9.17, 15) is 14.9 Å². The molecule has 0 spiro atoms. The van der Waals surface area contributed by atoms with Gasteiger partial charge >= 0.3 is 0 Å². The van der Waals surface area contributed by atoms with Crippen LogP contribution in [0.15, 0.2) is 12.3 Å². The molecule has 0 radical (unpaired) electrons. The highest BCUT2D eigenvalue weighted by molar-refractivity contribution is 5.94. The van der Waals surface area contributed by atoms with E-state index in [1.54, 1.807) is 4.57 Å². The summed E-state index contributed by atoms with van der Waals surface area (Å²) in [7, 11) is 0. The van der Waals surface area contributed by atoms with Gasteiger partial charge in [0.15, 0.2) is 0 Å². The lowest BCUT2D eigenvalue weighted by atomic mass is 9.97. The maximum absolute atomic E-state index is 12.5. The molecule has 0 aromatic carbocycles. The number of hydrogen-bond acceptors (Lipinski definition) is 4. The molecule has 7 nitrogen and oxygen atoms in total. The number of amides is 1. The summed E-state index contributed by atoms with van der Waals surface area (Å²) in [6.07, 6.45) is 7.27. The predicted molar refractivity (Wildman–Crippen MR) is 77.1 cm³/mol. The van der Waals surface area contributed by atoms with Gasteiger partial charge < -0.3 is 15.6 Å². The minimum Gasteiger partial charge on any atom is -0.344 e. The second-order valence-corrected chi connectivity index (χ2v) is 6.12. The van der Waals surface area contributed by atoms with Crippen LogP contribution < -0.4 is 11.1 Å². The van der Waals surface area contributed by atoms with Crippen molar-refractivity contribution >= 4 is 11.6 Å². The molecule has 0 bridgehead atoms. The number of rotatable bonds is 5. The van der Waals surface area contributed by atoms with Gasteiger partial charge in [0, 0.05) is 18.7 Å². The lowest BCUT2D eigenvalue weighted by Crippen LogP contribution is -2.52. The molecular formula is C14H20N4O3. The molecular weight excluding hydrogens is 272 g/mol. The molecule has 0 atom stereocenters. The summed E-state index contributed by atoms with van der Waals surface area (Å²) in [6, 6.07) is 1.59. The minimum absolute atomic E-state index is 0.0275. The van der Waals surface area contributed by atoms with Gasteiger partial charge in [-0.3, -0.25) is 14.9 Å². The Bertz CT molecular complexity index is 571. The van der Waals surface area contributed by atoms with Crippen molar-refractivity contribution in [2.45, 2.75) is 50.1 Å². The van der Waals surface area contributed by atoms with Crippen molar-refractivity contribution in [2.24, 2.45) is 5.73 Å². The average Bonchev–Trinajstić information content (AvgIpc) is 3.03. The minimum atomic E-state index is -0.454. The molecule has 1 heterocycles. The van der Waals surface area contributed by atoms with Gasteiger partial charge in [-0.2, -0.15) is 0 Å². The van der Waals surface area contributed by atoms with Crippen molar-refractivity contribution in [3.05, 3.63) is 28.1 Å². The number of nitrogens with one attached hydrogen (secondary N) is 1. The molecule has 1 amide bonds. The molecule has 2 saturated carbocycles. The second kappa shape index (κ2) is 5.14. The van der Waals surface area contributed by atoms with Gasteiger partial charge in [0.1, 0.15) is 5.69 Å². The lowest BCUT2D eigenvalue weighted by molar-refractivity contribution is -0.384. The number of carbonyl (C=O) groups excluding carboxylic acids is 1. The SMILES string of the molecule is NCC1(NC(=O)c2cc([N+](=O)[O-])cn2C2CC2)CCCC1. The summed E-state index contributed by atoms with van der Waals surface area (Å²) in [5, 5.41) is 14.0. The third-order valence-electron chi connectivity index (χ3n) is 4.55. The Morgan fingerprint density at radius 1 is 1.48 bits per heavy atom. The molecule has 7 heteroatoms. The van der Waals surface area contributed by atoms with Crippen LogP contribution in [-0.4, -0.2) is 27.5 Å². The fourth-order valence-electron chi connectivity index (χ4n) is 3.14. The van der Waals surface area contributed by atoms with E-state index in [0.717, 1.165) is 38.5 Å². The van der Waals surface area contributed by atoms with E-state index in [0.29, 0.717) is 12.2 Å². The topological polar surface area (TPSA) is 103 Å². The zero-order chi connectivity index (χ0) is 15.0. The highest BCUT2D eigenvalue weighted by Gasteiger charge is 2.36. The largest absolute Gasteiger partial charge is 0.344 e. The van der Waals surface area contributed by atoms with Crippen LogP contribution in [0.5, 0.6) is 0 Å². The lowest BCUT2D eigenvalue weighted by Gasteiger charge is -2.28. The Morgan fingerprint density at radius 2 is 2.14 bits per heavy atom. The van der Waals surface area contributed by atoms with E-state index in [2.05, 4.69) is 5.32 Å². The Balaban J connectivity index is 1.85. The van der Waals surface area contributed by atoms with Gasteiger partial charge in [-0.25, -0.2) is 0 Å². The summed E-state index contributed by atoms with van der Waals surface area (Å²) in [5.74, 6) is -0.248. The highest BCUT2D eigenvalue weighted by Crippen LogP contribution is 2.38. The number of nitro groups is 1. The summed E-state index contributed by atoms with van der Waals surface area (Å²) in [6.45, 7) is 0.408. The first-order valence-electron chi connectivity index (χ1n) is 7.43. The van der Waals surface area contributed by atoms with E-state index in [4.69, 9.17) is 5.73 Å². The normalized spacial score (nSPS) is 20.4. The Kier molecular flexibility index (Phi) is 3.44. The van der Waals surface area contributed by atoms with Crippen LogP contribution in [0, 0.1) is 10.1 Å². The Morgan fingerprint density at radius 3 is 2.67 bits per heavy atom. The third-order valence-corrected chi connectivity index (χ3v) is 4.55. The smallest absolute Gasteiger partial charge is 0.287 e. The molecule has 2 fully saturated rings. The van der Waals surface area contributed by atoms with Gasteiger partial charge in [0.05, 0.1) is 16.7 Å². The van der Waals surface area contributed by atoms with Gasteiger partial charge in [0.2, 0.25) is 0 Å². The summed E-state index contributed by atoms with van der Waals surface area (Å²) >= 11 is 0. The second-order valence-electron chi connectivity index (χ2n) is 6.12. The van der Waals surface area contributed by atoms with Gasteiger partial charge in [-0.15, -0.1) is 0 Å². The van der Waals surface area contributed by atoms with Crippen LogP contribution in [0.1, 0.15) is 55.1 Å². The summed E-state index contributed by atoms with van der Waals surface area (Å²) in [5.41, 5.74) is 5.84. The van der Waals surface area contributed by atoms with Crippen molar-refractivity contribution in [1.29, 1.82) is 0 Å². The molecule has 1 aromatic rings. The number of aromatic nitrogens is 1. The monoisotopic (exact) mass is 292 g/mol. The first kappa shape index (κ1) is 14.1. The molecule has 0 aliphatic heterocycles. The quantitative estimate of drug-likeness (QED) is 0.637.